The molecule has 14 heavy (non-hydrogen) atoms. The molecule has 0 aliphatic carbocycles. The molecule has 0 fully saturated rings. The van der Waals surface area contributed by atoms with E-state index in [4.69, 9.17) is 0 Å². The van der Waals surface area contributed by atoms with Crippen LogP contribution in [0.15, 0.2) is 0 Å². The zero-order valence-corrected chi connectivity index (χ0v) is 11.3. The normalized spacial score (nSPS) is 14.9. The second-order valence-corrected chi connectivity index (χ2v) is 5.13. The first-order chi connectivity index (χ1) is 6.54. The molecule has 0 aliphatic rings. The van der Waals surface area contributed by atoms with E-state index in [1.54, 1.807) is 0 Å². The minimum Gasteiger partial charge on any atom is -0.339 e. The average molecular weight is 264 g/mol. The number of nitrogens with zero attached hydrogens (tertiary/aromatic N) is 1. The van der Waals surface area contributed by atoms with Gasteiger partial charge >= 0.3 is 0 Å². The molecule has 0 rings (SSSR count). The number of alkyl halides is 1. The van der Waals surface area contributed by atoms with Crippen molar-refractivity contribution in [3.05, 3.63) is 0 Å². The van der Waals surface area contributed by atoms with Crippen LogP contribution in [0.25, 0.3) is 0 Å². The number of unbranched alkanes of at least 4 members (excludes halogenated alkanes) is 1. The maximum atomic E-state index is 11.8. The van der Waals surface area contributed by atoms with E-state index in [0.717, 1.165) is 25.8 Å². The van der Waals surface area contributed by atoms with Crippen LogP contribution < -0.4 is 0 Å². The van der Waals surface area contributed by atoms with Crippen molar-refractivity contribution in [3.8, 4) is 0 Å². The molecule has 2 nitrogen and oxygen atoms in total. The second-order valence-electron chi connectivity index (χ2n) is 3.76. The van der Waals surface area contributed by atoms with Gasteiger partial charge in [-0.2, -0.15) is 0 Å². The summed E-state index contributed by atoms with van der Waals surface area (Å²) >= 11 is 3.34. The second kappa shape index (κ2) is 7.27. The van der Waals surface area contributed by atoms with Crippen LogP contribution in [0.4, 0.5) is 0 Å². The van der Waals surface area contributed by atoms with Gasteiger partial charge in [-0.15, -0.1) is 0 Å². The lowest BCUT2D eigenvalue weighted by Gasteiger charge is -2.29. The van der Waals surface area contributed by atoms with Crippen LogP contribution >= 0.6 is 15.9 Å². The van der Waals surface area contributed by atoms with Gasteiger partial charge in [-0.05, 0) is 26.7 Å². The van der Waals surface area contributed by atoms with E-state index in [-0.39, 0.29) is 10.7 Å². The molecule has 2 atom stereocenters. The molecule has 3 heteroatoms. The number of hydrogen-bond donors (Lipinski definition) is 0. The summed E-state index contributed by atoms with van der Waals surface area (Å²) in [6.45, 7) is 9.17. The van der Waals surface area contributed by atoms with Gasteiger partial charge < -0.3 is 4.90 Å². The summed E-state index contributed by atoms with van der Waals surface area (Å²) in [6, 6.07) is 0.356. The Morgan fingerprint density at radius 1 is 1.36 bits per heavy atom. The first-order valence-corrected chi connectivity index (χ1v) is 6.40. The van der Waals surface area contributed by atoms with E-state index in [2.05, 4.69) is 36.7 Å². The van der Waals surface area contributed by atoms with Crippen molar-refractivity contribution in [2.24, 2.45) is 0 Å². The molecule has 1 amide bonds. The number of carbonyl (C=O) groups excluding carboxylic acids is 1. The van der Waals surface area contributed by atoms with Gasteiger partial charge in [0, 0.05) is 12.6 Å². The number of halogens is 1. The largest absolute Gasteiger partial charge is 0.339 e. The molecule has 0 heterocycles. The Labute approximate surface area is 96.2 Å². The van der Waals surface area contributed by atoms with E-state index in [1.165, 1.54) is 0 Å². The van der Waals surface area contributed by atoms with Gasteiger partial charge in [0.1, 0.15) is 0 Å². The van der Waals surface area contributed by atoms with E-state index >= 15 is 0 Å². The van der Waals surface area contributed by atoms with Crippen molar-refractivity contribution < 1.29 is 4.79 Å². The Morgan fingerprint density at radius 3 is 2.29 bits per heavy atom. The summed E-state index contributed by atoms with van der Waals surface area (Å²) in [7, 11) is 0. The summed E-state index contributed by atoms with van der Waals surface area (Å²) in [4.78, 5) is 13.8. The molecular weight excluding hydrogens is 242 g/mol. The highest BCUT2D eigenvalue weighted by Gasteiger charge is 2.21. The third-order valence-electron chi connectivity index (χ3n) is 2.50. The molecule has 0 aromatic rings. The van der Waals surface area contributed by atoms with Crippen LogP contribution in [-0.4, -0.2) is 28.2 Å². The van der Waals surface area contributed by atoms with Crippen LogP contribution in [0.1, 0.15) is 47.0 Å². The first-order valence-electron chi connectivity index (χ1n) is 5.49. The number of carbonyl (C=O) groups is 1. The predicted molar refractivity (Wildman–Crippen MR) is 64.8 cm³/mol. The summed E-state index contributed by atoms with van der Waals surface area (Å²) in [5, 5.41) is 0. The van der Waals surface area contributed by atoms with E-state index < -0.39 is 0 Å². The van der Waals surface area contributed by atoms with Gasteiger partial charge in [-0.25, -0.2) is 0 Å². The topological polar surface area (TPSA) is 20.3 Å². The molecule has 0 saturated heterocycles. The van der Waals surface area contributed by atoms with Crippen molar-refractivity contribution >= 4 is 21.8 Å². The highest BCUT2D eigenvalue weighted by Crippen LogP contribution is 2.11. The molecule has 84 valence electrons. The fraction of sp³-hybridized carbons (Fsp3) is 0.909. The van der Waals surface area contributed by atoms with Gasteiger partial charge in [0.15, 0.2) is 0 Å². The van der Waals surface area contributed by atoms with Crippen molar-refractivity contribution in [2.45, 2.75) is 57.8 Å². The Kier molecular flexibility index (Phi) is 7.24. The first kappa shape index (κ1) is 13.9. The van der Waals surface area contributed by atoms with Gasteiger partial charge in [0.2, 0.25) is 5.91 Å². The monoisotopic (exact) mass is 263 g/mol. The van der Waals surface area contributed by atoms with E-state index in [9.17, 15) is 4.79 Å². The number of amides is 1. The Balaban J connectivity index is 4.30. The molecule has 0 aliphatic heterocycles. The lowest BCUT2D eigenvalue weighted by atomic mass is 10.2. The maximum absolute atomic E-state index is 11.8. The van der Waals surface area contributed by atoms with Crippen molar-refractivity contribution in [1.82, 2.24) is 4.90 Å². The lowest BCUT2D eigenvalue weighted by Crippen LogP contribution is -2.42. The van der Waals surface area contributed by atoms with Crippen molar-refractivity contribution in [3.63, 3.8) is 0 Å². The van der Waals surface area contributed by atoms with Crippen LogP contribution in [0.5, 0.6) is 0 Å². The SMILES string of the molecule is CCCCN(C(=O)C(C)Br)C(C)CC. The number of rotatable bonds is 6. The van der Waals surface area contributed by atoms with Crippen molar-refractivity contribution in [2.75, 3.05) is 6.54 Å². The lowest BCUT2D eigenvalue weighted by molar-refractivity contribution is -0.132. The van der Waals surface area contributed by atoms with Crippen LogP contribution in [0, 0.1) is 0 Å². The Bertz CT molecular complexity index is 171. The van der Waals surface area contributed by atoms with Crippen LogP contribution in [0.2, 0.25) is 0 Å². The zero-order valence-electron chi connectivity index (χ0n) is 9.72. The smallest absolute Gasteiger partial charge is 0.236 e. The summed E-state index contributed by atoms with van der Waals surface area (Å²) in [5.74, 6) is 0.216. The third-order valence-corrected chi connectivity index (χ3v) is 2.89. The highest BCUT2D eigenvalue weighted by molar-refractivity contribution is 9.10. The average Bonchev–Trinajstić information content (AvgIpc) is 2.17. The van der Waals surface area contributed by atoms with E-state index in [0.29, 0.717) is 6.04 Å². The zero-order chi connectivity index (χ0) is 11.1. The van der Waals surface area contributed by atoms with Gasteiger partial charge in [-0.3, -0.25) is 4.79 Å². The molecule has 2 unspecified atom stereocenters. The maximum Gasteiger partial charge on any atom is 0.236 e. The fourth-order valence-corrected chi connectivity index (χ4v) is 1.59. The fourth-order valence-electron chi connectivity index (χ4n) is 1.33. The van der Waals surface area contributed by atoms with E-state index in [1.807, 2.05) is 11.8 Å². The molecule has 0 saturated carbocycles. The standard InChI is InChI=1S/C11H22BrNO/c1-5-7-8-13(9(3)6-2)11(14)10(4)12/h9-10H,5-8H2,1-4H3. The molecule has 0 radical (unpaired) electrons. The molecule has 0 aromatic carbocycles. The van der Waals surface area contributed by atoms with Gasteiger partial charge in [0.25, 0.3) is 0 Å². The van der Waals surface area contributed by atoms with Gasteiger partial charge in [0.05, 0.1) is 4.83 Å². The Morgan fingerprint density at radius 2 is 1.93 bits per heavy atom. The quantitative estimate of drug-likeness (QED) is 0.675. The van der Waals surface area contributed by atoms with Crippen LogP contribution in [0.3, 0.4) is 0 Å². The molecule has 0 aromatic heterocycles. The van der Waals surface area contributed by atoms with Crippen molar-refractivity contribution in [1.29, 1.82) is 0 Å². The Hall–Kier alpha value is -0.0500. The molecular formula is C11H22BrNO. The third kappa shape index (κ3) is 4.45. The number of hydrogen-bond acceptors (Lipinski definition) is 1. The predicted octanol–water partition coefficient (Wildman–Crippen LogP) is 3.20. The molecule has 0 bridgehead atoms. The van der Waals surface area contributed by atoms with Crippen LogP contribution in [-0.2, 0) is 4.79 Å². The molecule has 0 spiro atoms. The van der Waals surface area contributed by atoms with Gasteiger partial charge in [-0.1, -0.05) is 36.2 Å². The molecule has 0 N–H and O–H groups in total. The minimum absolute atomic E-state index is 0.0617. The summed E-state index contributed by atoms with van der Waals surface area (Å²) in [5.41, 5.74) is 0. The minimum atomic E-state index is -0.0617. The summed E-state index contributed by atoms with van der Waals surface area (Å²) < 4.78 is 0. The summed E-state index contributed by atoms with van der Waals surface area (Å²) in [6.07, 6.45) is 3.25. The highest BCUT2D eigenvalue weighted by atomic mass is 79.9.